The van der Waals surface area contributed by atoms with E-state index in [4.69, 9.17) is 0 Å². The third kappa shape index (κ3) is 4.83. The third-order valence-electron chi connectivity index (χ3n) is 4.47. The van der Waals surface area contributed by atoms with Gasteiger partial charge in [-0.25, -0.2) is 4.98 Å². The molecule has 0 spiro atoms. The van der Waals surface area contributed by atoms with E-state index in [0.717, 1.165) is 28.6 Å². The zero-order chi connectivity index (χ0) is 21.0. The average Bonchev–Trinajstić information content (AvgIpc) is 2.71. The van der Waals surface area contributed by atoms with Gasteiger partial charge >= 0.3 is 0 Å². The molecule has 0 aliphatic carbocycles. The molecular weight excluding hydrogens is 388 g/mol. The number of carbonyl (C=O) groups is 2. The molecule has 8 heteroatoms. The second-order valence-electron chi connectivity index (χ2n) is 6.66. The summed E-state index contributed by atoms with van der Waals surface area (Å²) < 4.78 is 1.42. The molecule has 0 fully saturated rings. The van der Waals surface area contributed by atoms with Crippen LogP contribution in [0.2, 0.25) is 0 Å². The molecule has 0 saturated carbocycles. The molecule has 150 valence electrons. The normalized spacial score (nSPS) is 10.7. The lowest BCUT2D eigenvalue weighted by atomic mass is 10.1. The van der Waals surface area contributed by atoms with E-state index in [1.165, 1.54) is 4.57 Å². The van der Waals surface area contributed by atoms with E-state index in [1.54, 1.807) is 25.2 Å². The van der Waals surface area contributed by atoms with Crippen LogP contribution in [0.25, 0.3) is 10.9 Å². The summed E-state index contributed by atoms with van der Waals surface area (Å²) in [6.07, 6.45) is 0. The van der Waals surface area contributed by atoms with E-state index in [0.29, 0.717) is 16.1 Å². The van der Waals surface area contributed by atoms with Crippen LogP contribution in [0.15, 0.2) is 52.4 Å². The lowest BCUT2D eigenvalue weighted by molar-refractivity contribution is -0.122. The summed E-state index contributed by atoms with van der Waals surface area (Å²) in [5.74, 6) is -0.555. The van der Waals surface area contributed by atoms with Gasteiger partial charge in [-0.3, -0.25) is 19.0 Å². The van der Waals surface area contributed by atoms with Crippen LogP contribution in [0, 0.1) is 13.8 Å². The van der Waals surface area contributed by atoms with E-state index in [9.17, 15) is 14.4 Å². The van der Waals surface area contributed by atoms with Gasteiger partial charge in [-0.2, -0.15) is 0 Å². The Bertz CT molecular complexity index is 1120. The Balaban J connectivity index is 1.57. The summed E-state index contributed by atoms with van der Waals surface area (Å²) in [6, 6.07) is 12.8. The van der Waals surface area contributed by atoms with Crippen molar-refractivity contribution in [3.05, 3.63) is 63.9 Å². The van der Waals surface area contributed by atoms with Crippen molar-refractivity contribution in [1.82, 2.24) is 14.9 Å². The minimum Gasteiger partial charge on any atom is -0.346 e. The summed E-state index contributed by atoms with van der Waals surface area (Å²) in [5.41, 5.74) is 3.11. The fraction of sp³-hybridized carbons (Fsp3) is 0.238. The van der Waals surface area contributed by atoms with E-state index >= 15 is 0 Å². The van der Waals surface area contributed by atoms with Crippen LogP contribution >= 0.6 is 11.8 Å². The van der Waals surface area contributed by atoms with Gasteiger partial charge in [0.05, 0.1) is 23.2 Å². The highest BCUT2D eigenvalue weighted by atomic mass is 32.2. The van der Waals surface area contributed by atoms with Gasteiger partial charge in [0.1, 0.15) is 0 Å². The molecule has 0 saturated heterocycles. The summed E-state index contributed by atoms with van der Waals surface area (Å²) in [5, 5.41) is 6.40. The van der Waals surface area contributed by atoms with E-state index in [2.05, 4.69) is 15.6 Å². The third-order valence-corrected chi connectivity index (χ3v) is 5.50. The number of nitrogens with zero attached hydrogens (tertiary/aromatic N) is 2. The van der Waals surface area contributed by atoms with Gasteiger partial charge in [0.2, 0.25) is 11.8 Å². The molecule has 3 aromatic rings. The van der Waals surface area contributed by atoms with Crippen LogP contribution in [0.5, 0.6) is 0 Å². The number of para-hydroxylation sites is 2. The molecule has 7 nitrogen and oxygen atoms in total. The van der Waals surface area contributed by atoms with Crippen molar-refractivity contribution < 1.29 is 9.59 Å². The molecule has 0 atom stereocenters. The van der Waals surface area contributed by atoms with Crippen LogP contribution in [-0.2, 0) is 16.6 Å². The van der Waals surface area contributed by atoms with Crippen LogP contribution in [0.3, 0.4) is 0 Å². The number of amides is 2. The molecule has 29 heavy (non-hydrogen) atoms. The van der Waals surface area contributed by atoms with Gasteiger partial charge in [-0.05, 0) is 37.1 Å². The van der Waals surface area contributed by atoms with Crippen LogP contribution < -0.4 is 16.2 Å². The number of carbonyl (C=O) groups excluding carboxylic acids is 2. The van der Waals surface area contributed by atoms with E-state index in [1.807, 2.05) is 38.1 Å². The number of hydrogen-bond acceptors (Lipinski definition) is 5. The summed E-state index contributed by atoms with van der Waals surface area (Å²) in [7, 11) is 1.62. The molecule has 2 amide bonds. The quantitative estimate of drug-likeness (QED) is 0.481. The first-order valence-electron chi connectivity index (χ1n) is 9.08. The molecule has 0 unspecified atom stereocenters. The van der Waals surface area contributed by atoms with Crippen molar-refractivity contribution in [3.8, 4) is 0 Å². The summed E-state index contributed by atoms with van der Waals surface area (Å²) >= 11 is 1.15. The molecule has 0 aliphatic rings. The second-order valence-corrected chi connectivity index (χ2v) is 7.60. The van der Waals surface area contributed by atoms with Gasteiger partial charge in [0, 0.05) is 12.7 Å². The zero-order valence-electron chi connectivity index (χ0n) is 16.5. The van der Waals surface area contributed by atoms with Crippen molar-refractivity contribution in [2.45, 2.75) is 19.0 Å². The molecule has 1 heterocycles. The Hall–Kier alpha value is -3.13. The van der Waals surface area contributed by atoms with Crippen molar-refractivity contribution in [3.63, 3.8) is 0 Å². The monoisotopic (exact) mass is 410 g/mol. The van der Waals surface area contributed by atoms with E-state index in [-0.39, 0.29) is 29.7 Å². The van der Waals surface area contributed by atoms with Crippen molar-refractivity contribution in [2.24, 2.45) is 7.05 Å². The molecular formula is C21H22N4O3S. The highest BCUT2D eigenvalue weighted by Gasteiger charge is 2.12. The van der Waals surface area contributed by atoms with Crippen LogP contribution in [-0.4, -0.2) is 33.7 Å². The fourth-order valence-corrected chi connectivity index (χ4v) is 3.68. The lowest BCUT2D eigenvalue weighted by Gasteiger charge is -2.12. The maximum absolute atomic E-state index is 12.4. The molecule has 2 aromatic carbocycles. The first-order valence-corrected chi connectivity index (χ1v) is 10.1. The highest BCUT2D eigenvalue weighted by Crippen LogP contribution is 2.19. The first kappa shape index (κ1) is 20.6. The van der Waals surface area contributed by atoms with Gasteiger partial charge < -0.3 is 10.6 Å². The Kier molecular flexibility index (Phi) is 6.33. The predicted molar refractivity (Wildman–Crippen MR) is 115 cm³/mol. The van der Waals surface area contributed by atoms with Gasteiger partial charge in [0.15, 0.2) is 5.16 Å². The maximum atomic E-state index is 12.4. The standard InChI is InChI=1S/C21H22N4O3S/c1-13-7-6-8-14(2)19(13)24-17(26)11-22-18(27)12-29-21-23-16-10-5-4-9-15(16)20(28)25(21)3/h4-10H,11-12H2,1-3H3,(H,22,27)(H,24,26). The van der Waals surface area contributed by atoms with Gasteiger partial charge in [-0.15, -0.1) is 0 Å². The molecule has 3 rings (SSSR count). The van der Waals surface area contributed by atoms with Crippen LogP contribution in [0.1, 0.15) is 11.1 Å². The Labute approximate surface area is 172 Å². The molecule has 2 N–H and O–H groups in total. The number of fused-ring (bicyclic) bond motifs is 1. The van der Waals surface area contributed by atoms with Crippen molar-refractivity contribution in [2.75, 3.05) is 17.6 Å². The number of thioether (sulfide) groups is 1. The summed E-state index contributed by atoms with van der Waals surface area (Å²) in [6.45, 7) is 3.70. The maximum Gasteiger partial charge on any atom is 0.261 e. The molecule has 0 bridgehead atoms. The topological polar surface area (TPSA) is 93.1 Å². The molecule has 0 radical (unpaired) electrons. The predicted octanol–water partition coefficient (Wildman–Crippen LogP) is 2.40. The Morgan fingerprint density at radius 3 is 2.45 bits per heavy atom. The molecule has 1 aromatic heterocycles. The Morgan fingerprint density at radius 2 is 1.72 bits per heavy atom. The highest BCUT2D eigenvalue weighted by molar-refractivity contribution is 7.99. The average molecular weight is 410 g/mol. The Morgan fingerprint density at radius 1 is 1.03 bits per heavy atom. The SMILES string of the molecule is Cc1cccc(C)c1NC(=O)CNC(=O)CSc1nc2ccccc2c(=O)n1C. The smallest absolute Gasteiger partial charge is 0.261 e. The molecule has 0 aliphatic heterocycles. The minimum atomic E-state index is -0.311. The number of hydrogen-bond donors (Lipinski definition) is 2. The van der Waals surface area contributed by atoms with Crippen molar-refractivity contribution in [1.29, 1.82) is 0 Å². The number of rotatable bonds is 6. The lowest BCUT2D eigenvalue weighted by Crippen LogP contribution is -2.34. The second kappa shape index (κ2) is 8.91. The number of aromatic nitrogens is 2. The van der Waals surface area contributed by atoms with Gasteiger partial charge in [0.25, 0.3) is 5.56 Å². The number of benzene rings is 2. The largest absolute Gasteiger partial charge is 0.346 e. The zero-order valence-corrected chi connectivity index (χ0v) is 17.3. The van der Waals surface area contributed by atoms with Crippen molar-refractivity contribution >= 4 is 40.2 Å². The minimum absolute atomic E-state index is 0.0509. The van der Waals surface area contributed by atoms with E-state index < -0.39 is 0 Å². The first-order chi connectivity index (χ1) is 13.9. The van der Waals surface area contributed by atoms with Crippen LogP contribution in [0.4, 0.5) is 5.69 Å². The summed E-state index contributed by atoms with van der Waals surface area (Å²) in [4.78, 5) is 41.1. The fourth-order valence-electron chi connectivity index (χ4n) is 2.88. The van der Waals surface area contributed by atoms with Gasteiger partial charge in [-0.1, -0.05) is 42.1 Å². The number of aryl methyl sites for hydroxylation is 2. The number of nitrogens with one attached hydrogen (secondary N) is 2. The number of anilines is 1.